The summed E-state index contributed by atoms with van der Waals surface area (Å²) in [6.07, 6.45) is 0. The summed E-state index contributed by atoms with van der Waals surface area (Å²) in [5.74, 6) is -0.113. The first-order chi connectivity index (χ1) is 14.5. The maximum atomic E-state index is 13.2. The molecule has 0 fully saturated rings. The van der Waals surface area contributed by atoms with Gasteiger partial charge in [0.15, 0.2) is 11.5 Å². The summed E-state index contributed by atoms with van der Waals surface area (Å²) in [4.78, 5) is 24.2. The number of hydrogen-bond acceptors (Lipinski definition) is 5. The Morgan fingerprint density at radius 1 is 1.00 bits per heavy atom. The average molecular weight is 406 g/mol. The molecule has 3 aromatic carbocycles. The van der Waals surface area contributed by atoms with Crippen LogP contribution in [0.25, 0.3) is 0 Å². The molecule has 0 atom stereocenters. The molecule has 30 heavy (non-hydrogen) atoms. The zero-order chi connectivity index (χ0) is 21.5. The molecule has 0 unspecified atom stereocenters. The van der Waals surface area contributed by atoms with Gasteiger partial charge in [-0.2, -0.15) is 0 Å². The van der Waals surface area contributed by atoms with Crippen LogP contribution in [0.5, 0.6) is 11.5 Å². The molecule has 3 rings (SSSR count). The molecule has 0 bridgehead atoms. The van der Waals surface area contributed by atoms with E-state index in [9.17, 15) is 14.9 Å². The molecule has 0 aliphatic heterocycles. The first kappa shape index (κ1) is 20.9. The third-order valence-corrected chi connectivity index (χ3v) is 4.56. The summed E-state index contributed by atoms with van der Waals surface area (Å²) >= 11 is 0. The van der Waals surface area contributed by atoms with E-state index < -0.39 is 16.9 Å². The highest BCUT2D eigenvalue weighted by Crippen LogP contribution is 2.35. The minimum absolute atomic E-state index is 0.0962. The van der Waals surface area contributed by atoms with Crippen LogP contribution in [-0.4, -0.2) is 24.5 Å². The first-order valence-electron chi connectivity index (χ1n) is 9.45. The second-order valence-corrected chi connectivity index (χ2v) is 6.44. The van der Waals surface area contributed by atoms with Crippen LogP contribution in [0.3, 0.4) is 0 Å². The van der Waals surface area contributed by atoms with Gasteiger partial charge in [0.1, 0.15) is 5.56 Å². The van der Waals surface area contributed by atoms with Crippen LogP contribution < -0.4 is 14.8 Å². The maximum Gasteiger partial charge on any atom is 0.286 e. The molecule has 7 nitrogen and oxygen atoms in total. The van der Waals surface area contributed by atoms with E-state index in [1.54, 1.807) is 6.92 Å². The number of benzene rings is 3. The number of hydrogen-bond donors (Lipinski definition) is 1. The predicted molar refractivity (Wildman–Crippen MR) is 113 cm³/mol. The fourth-order valence-corrected chi connectivity index (χ4v) is 3.17. The van der Waals surface area contributed by atoms with Gasteiger partial charge in [0.05, 0.1) is 30.7 Å². The van der Waals surface area contributed by atoms with E-state index in [0.717, 1.165) is 11.1 Å². The minimum atomic E-state index is -0.604. The molecule has 0 aromatic heterocycles. The standard InChI is InChI=1S/C23H22N2O5/c1-3-30-21-14-18(19(25(27)28)15-20(21)29-2)23(26)24-22(16-10-6-4-7-11-16)17-12-8-5-9-13-17/h4-15,22H,3H2,1-2H3,(H,24,26). The maximum absolute atomic E-state index is 13.2. The molecule has 0 radical (unpaired) electrons. The van der Waals surface area contributed by atoms with Gasteiger partial charge in [0.2, 0.25) is 0 Å². The zero-order valence-electron chi connectivity index (χ0n) is 16.7. The van der Waals surface area contributed by atoms with Crippen LogP contribution in [0, 0.1) is 10.1 Å². The number of nitro groups is 1. The van der Waals surface area contributed by atoms with Crippen LogP contribution in [0.2, 0.25) is 0 Å². The SMILES string of the molecule is CCOc1cc(C(=O)NC(c2ccccc2)c2ccccc2)c([N+](=O)[O-])cc1OC. The second-order valence-electron chi connectivity index (χ2n) is 6.44. The third kappa shape index (κ3) is 4.57. The molecule has 7 heteroatoms. The van der Waals surface area contributed by atoms with Crippen LogP contribution in [0.15, 0.2) is 72.8 Å². The second kappa shape index (κ2) is 9.56. The fourth-order valence-electron chi connectivity index (χ4n) is 3.17. The van der Waals surface area contributed by atoms with Crippen molar-refractivity contribution in [1.82, 2.24) is 5.32 Å². The fraction of sp³-hybridized carbons (Fsp3) is 0.174. The number of nitrogens with zero attached hydrogens (tertiary/aromatic N) is 1. The van der Waals surface area contributed by atoms with Gasteiger partial charge in [-0.25, -0.2) is 0 Å². The molecular formula is C23H22N2O5. The van der Waals surface area contributed by atoms with E-state index in [1.807, 2.05) is 60.7 Å². The van der Waals surface area contributed by atoms with E-state index in [-0.39, 0.29) is 22.7 Å². The Labute approximate surface area is 174 Å². The lowest BCUT2D eigenvalue weighted by atomic mass is 9.98. The van der Waals surface area contributed by atoms with Crippen molar-refractivity contribution in [2.75, 3.05) is 13.7 Å². The Morgan fingerprint density at radius 2 is 1.57 bits per heavy atom. The number of amides is 1. The molecule has 1 amide bonds. The summed E-state index contributed by atoms with van der Waals surface area (Å²) in [7, 11) is 1.39. The van der Waals surface area contributed by atoms with Gasteiger partial charge in [-0.05, 0) is 18.1 Å². The lowest BCUT2D eigenvalue weighted by Crippen LogP contribution is -2.30. The highest BCUT2D eigenvalue weighted by Gasteiger charge is 2.27. The predicted octanol–water partition coefficient (Wildman–Crippen LogP) is 4.52. The normalized spacial score (nSPS) is 10.5. The molecule has 0 saturated heterocycles. The Balaban J connectivity index is 2.03. The Kier molecular flexibility index (Phi) is 6.64. The average Bonchev–Trinajstić information content (AvgIpc) is 2.78. The molecule has 0 heterocycles. The van der Waals surface area contributed by atoms with Crippen molar-refractivity contribution >= 4 is 11.6 Å². The lowest BCUT2D eigenvalue weighted by molar-refractivity contribution is -0.385. The summed E-state index contributed by atoms with van der Waals surface area (Å²) < 4.78 is 10.7. The van der Waals surface area contributed by atoms with E-state index in [1.165, 1.54) is 19.2 Å². The topological polar surface area (TPSA) is 90.7 Å². The molecule has 154 valence electrons. The molecule has 0 aliphatic carbocycles. The minimum Gasteiger partial charge on any atom is -0.493 e. The van der Waals surface area contributed by atoms with Crippen molar-refractivity contribution < 1.29 is 19.2 Å². The van der Waals surface area contributed by atoms with E-state index in [2.05, 4.69) is 5.32 Å². The van der Waals surface area contributed by atoms with Crippen molar-refractivity contribution in [3.8, 4) is 11.5 Å². The van der Waals surface area contributed by atoms with Crippen molar-refractivity contribution in [3.63, 3.8) is 0 Å². The van der Waals surface area contributed by atoms with Crippen molar-refractivity contribution in [2.45, 2.75) is 13.0 Å². The van der Waals surface area contributed by atoms with Crippen LogP contribution in [-0.2, 0) is 0 Å². The van der Waals surface area contributed by atoms with Gasteiger partial charge in [-0.15, -0.1) is 0 Å². The van der Waals surface area contributed by atoms with E-state index in [0.29, 0.717) is 6.61 Å². The Morgan fingerprint density at radius 3 is 2.03 bits per heavy atom. The number of methoxy groups -OCH3 is 1. The molecule has 3 aromatic rings. The summed E-state index contributed by atoms with van der Waals surface area (Å²) in [5.41, 5.74) is 1.27. The van der Waals surface area contributed by atoms with Crippen LogP contribution in [0.1, 0.15) is 34.5 Å². The smallest absolute Gasteiger partial charge is 0.286 e. The Bertz CT molecular complexity index is 983. The van der Waals surface area contributed by atoms with Gasteiger partial charge in [0.25, 0.3) is 11.6 Å². The summed E-state index contributed by atoms with van der Waals surface area (Å²) in [5, 5.41) is 14.5. The van der Waals surface area contributed by atoms with Crippen molar-refractivity contribution in [2.24, 2.45) is 0 Å². The molecule has 0 spiro atoms. The van der Waals surface area contributed by atoms with Gasteiger partial charge < -0.3 is 14.8 Å². The molecular weight excluding hydrogens is 384 g/mol. The lowest BCUT2D eigenvalue weighted by Gasteiger charge is -2.20. The largest absolute Gasteiger partial charge is 0.493 e. The number of ether oxygens (including phenoxy) is 2. The summed E-state index contributed by atoms with van der Waals surface area (Å²) in [6.45, 7) is 2.10. The van der Waals surface area contributed by atoms with E-state index >= 15 is 0 Å². The van der Waals surface area contributed by atoms with Gasteiger partial charge in [-0.1, -0.05) is 60.7 Å². The van der Waals surface area contributed by atoms with Crippen molar-refractivity contribution in [1.29, 1.82) is 0 Å². The first-order valence-corrected chi connectivity index (χ1v) is 9.45. The van der Waals surface area contributed by atoms with Crippen LogP contribution in [0.4, 0.5) is 5.69 Å². The molecule has 0 saturated carbocycles. The third-order valence-electron chi connectivity index (χ3n) is 4.56. The molecule has 0 aliphatic rings. The number of nitrogens with one attached hydrogen (secondary N) is 1. The molecule has 1 N–H and O–H groups in total. The van der Waals surface area contributed by atoms with Gasteiger partial charge in [-0.3, -0.25) is 14.9 Å². The highest BCUT2D eigenvalue weighted by atomic mass is 16.6. The Hall–Kier alpha value is -3.87. The zero-order valence-corrected chi connectivity index (χ0v) is 16.7. The number of carbonyl (C=O) groups excluding carboxylic acids is 1. The van der Waals surface area contributed by atoms with Gasteiger partial charge in [0, 0.05) is 6.07 Å². The monoisotopic (exact) mass is 406 g/mol. The van der Waals surface area contributed by atoms with Gasteiger partial charge >= 0.3 is 0 Å². The highest BCUT2D eigenvalue weighted by molar-refractivity contribution is 5.99. The van der Waals surface area contributed by atoms with Crippen LogP contribution >= 0.6 is 0 Å². The number of rotatable bonds is 8. The van der Waals surface area contributed by atoms with Crippen molar-refractivity contribution in [3.05, 3.63) is 99.6 Å². The quantitative estimate of drug-likeness (QED) is 0.439. The van der Waals surface area contributed by atoms with E-state index in [4.69, 9.17) is 9.47 Å². The summed E-state index contributed by atoms with van der Waals surface area (Å²) in [6, 6.07) is 20.9. The number of carbonyl (C=O) groups is 1. The number of nitro benzene ring substituents is 1.